The molecule has 2 N–H and O–H groups in total. The van der Waals surface area contributed by atoms with Gasteiger partial charge in [0.05, 0.1) is 31.6 Å². The predicted octanol–water partition coefficient (Wildman–Crippen LogP) is 2.84. The van der Waals surface area contributed by atoms with Crippen molar-refractivity contribution in [3.63, 3.8) is 0 Å². The first kappa shape index (κ1) is 14.7. The quantitative estimate of drug-likeness (QED) is 0.803. The van der Waals surface area contributed by atoms with Crippen LogP contribution < -0.4 is 15.4 Å². The molecule has 0 spiro atoms. The van der Waals surface area contributed by atoms with Crippen LogP contribution in [0.2, 0.25) is 0 Å². The van der Waals surface area contributed by atoms with E-state index < -0.39 is 0 Å². The SMILES string of the molecule is CCC1CNc2cc(C(=O)CNCc3ccco3)ccc2O1. The monoisotopic (exact) mass is 300 g/mol. The molecule has 22 heavy (non-hydrogen) atoms. The second-order valence-electron chi connectivity index (χ2n) is 5.35. The minimum atomic E-state index is 0.0498. The van der Waals surface area contributed by atoms with Crippen molar-refractivity contribution in [1.29, 1.82) is 0 Å². The van der Waals surface area contributed by atoms with Crippen LogP contribution in [-0.2, 0) is 6.54 Å². The Balaban J connectivity index is 1.59. The summed E-state index contributed by atoms with van der Waals surface area (Å²) in [5.41, 5.74) is 1.57. The lowest BCUT2D eigenvalue weighted by Gasteiger charge is -2.26. The Labute approximate surface area is 129 Å². The van der Waals surface area contributed by atoms with Gasteiger partial charge in [-0.05, 0) is 36.8 Å². The van der Waals surface area contributed by atoms with Crippen molar-refractivity contribution in [2.24, 2.45) is 0 Å². The summed E-state index contributed by atoms with van der Waals surface area (Å²) in [5, 5.41) is 6.41. The highest BCUT2D eigenvalue weighted by molar-refractivity contribution is 5.98. The van der Waals surface area contributed by atoms with Crippen molar-refractivity contribution in [1.82, 2.24) is 5.32 Å². The smallest absolute Gasteiger partial charge is 0.176 e. The van der Waals surface area contributed by atoms with E-state index in [0.717, 1.165) is 30.2 Å². The van der Waals surface area contributed by atoms with E-state index in [4.69, 9.17) is 9.15 Å². The number of carbonyl (C=O) groups excluding carboxylic acids is 1. The minimum absolute atomic E-state index is 0.0498. The van der Waals surface area contributed by atoms with Crippen molar-refractivity contribution < 1.29 is 13.9 Å². The minimum Gasteiger partial charge on any atom is -0.486 e. The van der Waals surface area contributed by atoms with E-state index in [1.807, 2.05) is 30.3 Å². The average Bonchev–Trinajstić information content (AvgIpc) is 3.07. The molecule has 5 heteroatoms. The van der Waals surface area contributed by atoms with Gasteiger partial charge in [-0.3, -0.25) is 4.79 Å². The molecule has 1 aliphatic rings. The fourth-order valence-corrected chi connectivity index (χ4v) is 2.43. The number of ketones is 1. The van der Waals surface area contributed by atoms with E-state index >= 15 is 0 Å². The van der Waals surface area contributed by atoms with E-state index in [2.05, 4.69) is 17.6 Å². The van der Waals surface area contributed by atoms with Gasteiger partial charge in [0.25, 0.3) is 0 Å². The van der Waals surface area contributed by atoms with Gasteiger partial charge in [-0.1, -0.05) is 6.92 Å². The highest BCUT2D eigenvalue weighted by Crippen LogP contribution is 2.30. The molecule has 1 aromatic heterocycles. The lowest BCUT2D eigenvalue weighted by Crippen LogP contribution is -2.30. The Morgan fingerprint density at radius 1 is 1.41 bits per heavy atom. The molecule has 116 valence electrons. The number of Topliss-reactive ketones (excluding diaryl/α,β-unsaturated/α-hetero) is 1. The van der Waals surface area contributed by atoms with Crippen molar-refractivity contribution in [2.45, 2.75) is 26.0 Å². The first-order chi connectivity index (χ1) is 10.8. The Bertz CT molecular complexity index is 637. The first-order valence-corrected chi connectivity index (χ1v) is 7.57. The summed E-state index contributed by atoms with van der Waals surface area (Å²) >= 11 is 0. The number of benzene rings is 1. The molecule has 5 nitrogen and oxygen atoms in total. The maximum absolute atomic E-state index is 12.2. The number of rotatable bonds is 6. The van der Waals surface area contributed by atoms with Crippen LogP contribution >= 0.6 is 0 Å². The van der Waals surface area contributed by atoms with Gasteiger partial charge in [-0.2, -0.15) is 0 Å². The van der Waals surface area contributed by atoms with Crippen LogP contribution in [0.25, 0.3) is 0 Å². The summed E-state index contributed by atoms with van der Waals surface area (Å²) in [6.07, 6.45) is 2.78. The Kier molecular flexibility index (Phi) is 4.44. The van der Waals surface area contributed by atoms with E-state index in [-0.39, 0.29) is 18.4 Å². The molecule has 1 aliphatic heterocycles. The molecule has 0 bridgehead atoms. The molecule has 0 radical (unpaired) electrons. The van der Waals surface area contributed by atoms with Gasteiger partial charge in [0.2, 0.25) is 0 Å². The number of nitrogens with one attached hydrogen (secondary N) is 2. The highest BCUT2D eigenvalue weighted by atomic mass is 16.5. The number of furan rings is 1. The molecular weight excluding hydrogens is 280 g/mol. The van der Waals surface area contributed by atoms with Crippen LogP contribution in [0.4, 0.5) is 5.69 Å². The van der Waals surface area contributed by atoms with E-state index in [9.17, 15) is 4.79 Å². The van der Waals surface area contributed by atoms with Crippen LogP contribution in [0.5, 0.6) is 5.75 Å². The van der Waals surface area contributed by atoms with Gasteiger partial charge in [-0.15, -0.1) is 0 Å². The molecule has 0 fully saturated rings. The van der Waals surface area contributed by atoms with Gasteiger partial charge in [0.15, 0.2) is 5.78 Å². The second-order valence-corrected chi connectivity index (χ2v) is 5.35. The van der Waals surface area contributed by atoms with E-state index in [1.165, 1.54) is 0 Å². The number of anilines is 1. The normalized spacial score (nSPS) is 16.5. The summed E-state index contributed by atoms with van der Waals surface area (Å²) in [6.45, 7) is 3.69. The summed E-state index contributed by atoms with van der Waals surface area (Å²) < 4.78 is 11.1. The molecule has 0 amide bonds. The molecular formula is C17H20N2O3. The van der Waals surface area contributed by atoms with Gasteiger partial charge >= 0.3 is 0 Å². The number of hydrogen-bond acceptors (Lipinski definition) is 5. The van der Waals surface area contributed by atoms with Crippen molar-refractivity contribution in [3.8, 4) is 5.75 Å². The van der Waals surface area contributed by atoms with Crippen molar-refractivity contribution in [3.05, 3.63) is 47.9 Å². The van der Waals surface area contributed by atoms with Gasteiger partial charge in [0, 0.05) is 5.56 Å². The summed E-state index contributed by atoms with van der Waals surface area (Å²) in [5.74, 6) is 1.69. The van der Waals surface area contributed by atoms with Crippen LogP contribution in [0.15, 0.2) is 41.0 Å². The van der Waals surface area contributed by atoms with Crippen LogP contribution in [0.1, 0.15) is 29.5 Å². The van der Waals surface area contributed by atoms with Crippen LogP contribution in [0, 0.1) is 0 Å². The lowest BCUT2D eigenvalue weighted by molar-refractivity contribution is 0.0990. The van der Waals surface area contributed by atoms with E-state index in [1.54, 1.807) is 6.26 Å². The molecule has 1 aromatic carbocycles. The third-order valence-electron chi connectivity index (χ3n) is 3.74. The molecule has 0 saturated heterocycles. The third kappa shape index (κ3) is 3.31. The average molecular weight is 300 g/mol. The predicted molar refractivity (Wildman–Crippen MR) is 84.4 cm³/mol. The first-order valence-electron chi connectivity index (χ1n) is 7.57. The molecule has 1 atom stereocenters. The van der Waals surface area contributed by atoms with Crippen LogP contribution in [0.3, 0.4) is 0 Å². The Morgan fingerprint density at radius 3 is 3.09 bits per heavy atom. The van der Waals surface area contributed by atoms with Crippen molar-refractivity contribution in [2.75, 3.05) is 18.4 Å². The summed E-state index contributed by atoms with van der Waals surface area (Å²) in [6, 6.07) is 9.25. The number of carbonyl (C=O) groups is 1. The standard InChI is InChI=1S/C17H20N2O3/c1-2-13-10-19-15-8-12(5-6-17(15)22-13)16(20)11-18-9-14-4-3-7-21-14/h3-8,13,18-19H,2,9-11H2,1H3. The molecule has 1 unspecified atom stereocenters. The molecule has 0 saturated carbocycles. The maximum atomic E-state index is 12.2. The fraction of sp³-hybridized carbons (Fsp3) is 0.353. The summed E-state index contributed by atoms with van der Waals surface area (Å²) in [4.78, 5) is 12.2. The number of fused-ring (bicyclic) bond motifs is 1. The van der Waals surface area contributed by atoms with E-state index in [0.29, 0.717) is 12.1 Å². The van der Waals surface area contributed by atoms with Gasteiger partial charge < -0.3 is 19.8 Å². The zero-order valence-corrected chi connectivity index (χ0v) is 12.6. The topological polar surface area (TPSA) is 63.5 Å². The molecule has 2 aromatic rings. The highest BCUT2D eigenvalue weighted by Gasteiger charge is 2.19. The number of ether oxygens (including phenoxy) is 1. The van der Waals surface area contributed by atoms with Crippen molar-refractivity contribution >= 4 is 11.5 Å². The Morgan fingerprint density at radius 2 is 2.32 bits per heavy atom. The molecule has 2 heterocycles. The second kappa shape index (κ2) is 6.66. The van der Waals surface area contributed by atoms with Gasteiger partial charge in [0.1, 0.15) is 17.6 Å². The lowest BCUT2D eigenvalue weighted by atomic mass is 10.1. The van der Waals surface area contributed by atoms with Gasteiger partial charge in [-0.25, -0.2) is 0 Å². The largest absolute Gasteiger partial charge is 0.486 e. The fourth-order valence-electron chi connectivity index (χ4n) is 2.43. The zero-order chi connectivity index (χ0) is 15.4. The maximum Gasteiger partial charge on any atom is 0.176 e. The zero-order valence-electron chi connectivity index (χ0n) is 12.6. The third-order valence-corrected chi connectivity index (χ3v) is 3.74. The van der Waals surface area contributed by atoms with Crippen LogP contribution in [-0.4, -0.2) is 25.0 Å². The molecule has 3 rings (SSSR count). The Hall–Kier alpha value is -2.27. The summed E-state index contributed by atoms with van der Waals surface area (Å²) in [7, 11) is 0. The molecule has 0 aliphatic carbocycles. The number of hydrogen-bond donors (Lipinski definition) is 2.